The van der Waals surface area contributed by atoms with E-state index < -0.39 is 15.9 Å². The molecule has 1 aliphatic rings. The fourth-order valence-electron chi connectivity index (χ4n) is 2.50. The summed E-state index contributed by atoms with van der Waals surface area (Å²) in [7, 11) is -3.48. The molecule has 2 heterocycles. The Balaban J connectivity index is 1.85. The lowest BCUT2D eigenvalue weighted by molar-refractivity contribution is 0.0841. The number of nitrogens with zero attached hydrogens (tertiary/aromatic N) is 1. The highest BCUT2D eigenvalue weighted by Gasteiger charge is 2.34. The molecule has 0 bridgehead atoms. The maximum atomic E-state index is 12.3. The van der Waals surface area contributed by atoms with E-state index in [4.69, 9.17) is 4.42 Å². The number of benzene rings is 1. The van der Waals surface area contributed by atoms with Gasteiger partial charge < -0.3 is 4.42 Å². The number of sulfonamides is 1. The highest BCUT2D eigenvalue weighted by atomic mass is 32.2. The smallest absolute Gasteiger partial charge is 0.303 e. The summed E-state index contributed by atoms with van der Waals surface area (Å²) < 4.78 is 30.0. The van der Waals surface area contributed by atoms with Crippen LogP contribution in [-0.4, -0.2) is 30.9 Å². The van der Waals surface area contributed by atoms with E-state index in [-0.39, 0.29) is 18.1 Å². The first-order chi connectivity index (χ1) is 10.5. The number of furan rings is 1. The fraction of sp³-hybridized carbons (Fsp3) is 0.312. The Morgan fingerprint density at radius 3 is 2.50 bits per heavy atom. The van der Waals surface area contributed by atoms with Gasteiger partial charge in [0.2, 0.25) is 10.0 Å². The van der Waals surface area contributed by atoms with Gasteiger partial charge in [-0.25, -0.2) is 12.7 Å². The average Bonchev–Trinajstić information content (AvgIpc) is 3.13. The molecule has 0 atom stereocenters. The SMILES string of the molecule is CCc1ccc(-c2ccc(C(=O)N3CCCS3(=O)=O)o2)cc1. The van der Waals surface area contributed by atoms with Crippen LogP contribution in [0.3, 0.4) is 0 Å². The van der Waals surface area contributed by atoms with E-state index in [0.29, 0.717) is 12.2 Å². The van der Waals surface area contributed by atoms with Gasteiger partial charge >= 0.3 is 5.91 Å². The topological polar surface area (TPSA) is 67.6 Å². The first-order valence-electron chi connectivity index (χ1n) is 7.25. The largest absolute Gasteiger partial charge is 0.451 e. The minimum atomic E-state index is -3.48. The summed E-state index contributed by atoms with van der Waals surface area (Å²) in [5, 5.41) is 0. The van der Waals surface area contributed by atoms with Crippen LogP contribution >= 0.6 is 0 Å². The molecule has 6 heteroatoms. The molecule has 1 fully saturated rings. The maximum Gasteiger partial charge on any atom is 0.303 e. The number of aryl methyl sites for hydroxylation is 1. The third kappa shape index (κ3) is 2.66. The Morgan fingerprint density at radius 2 is 1.91 bits per heavy atom. The molecule has 1 aromatic carbocycles. The predicted molar refractivity (Wildman–Crippen MR) is 83.0 cm³/mol. The molecule has 0 radical (unpaired) electrons. The van der Waals surface area contributed by atoms with Gasteiger partial charge in [-0.05, 0) is 30.5 Å². The summed E-state index contributed by atoms with van der Waals surface area (Å²) in [4.78, 5) is 12.3. The van der Waals surface area contributed by atoms with Gasteiger partial charge in [-0.15, -0.1) is 0 Å². The van der Waals surface area contributed by atoms with Crippen LogP contribution in [0.4, 0.5) is 0 Å². The molecule has 5 nitrogen and oxygen atoms in total. The van der Waals surface area contributed by atoms with Crippen molar-refractivity contribution in [2.24, 2.45) is 0 Å². The van der Waals surface area contributed by atoms with Gasteiger partial charge in [-0.2, -0.15) is 0 Å². The van der Waals surface area contributed by atoms with Crippen molar-refractivity contribution < 1.29 is 17.6 Å². The predicted octanol–water partition coefficient (Wildman–Crippen LogP) is 2.68. The van der Waals surface area contributed by atoms with Crippen molar-refractivity contribution in [3.05, 3.63) is 47.7 Å². The third-order valence-electron chi connectivity index (χ3n) is 3.79. The lowest BCUT2D eigenvalue weighted by Crippen LogP contribution is -2.32. The summed E-state index contributed by atoms with van der Waals surface area (Å²) in [6.45, 7) is 2.30. The van der Waals surface area contributed by atoms with Crippen LogP contribution in [-0.2, 0) is 16.4 Å². The van der Waals surface area contributed by atoms with Crippen molar-refractivity contribution in [3.8, 4) is 11.3 Å². The summed E-state index contributed by atoms with van der Waals surface area (Å²) in [5.74, 6) is 0.0432. The van der Waals surface area contributed by atoms with Gasteiger partial charge in [0.05, 0.1) is 5.75 Å². The summed E-state index contributed by atoms with van der Waals surface area (Å²) in [6.07, 6.45) is 1.43. The van der Waals surface area contributed by atoms with Crippen molar-refractivity contribution in [1.82, 2.24) is 4.31 Å². The van der Waals surface area contributed by atoms with Gasteiger partial charge in [0.15, 0.2) is 5.76 Å². The summed E-state index contributed by atoms with van der Waals surface area (Å²) >= 11 is 0. The zero-order valence-electron chi connectivity index (χ0n) is 12.3. The maximum absolute atomic E-state index is 12.3. The van der Waals surface area contributed by atoms with Gasteiger partial charge in [-0.3, -0.25) is 4.79 Å². The normalized spacial score (nSPS) is 16.9. The average molecular weight is 319 g/mol. The van der Waals surface area contributed by atoms with Crippen LogP contribution in [0.5, 0.6) is 0 Å². The Morgan fingerprint density at radius 1 is 1.18 bits per heavy atom. The monoisotopic (exact) mass is 319 g/mol. The molecule has 1 aromatic heterocycles. The van der Waals surface area contributed by atoms with Crippen LogP contribution in [0.25, 0.3) is 11.3 Å². The molecular formula is C16H17NO4S. The Bertz CT molecular complexity index is 790. The molecule has 1 aliphatic heterocycles. The standard InChI is InChI=1S/C16H17NO4S/c1-2-12-4-6-13(7-5-12)14-8-9-15(21-14)16(18)17-10-3-11-22(17,19)20/h4-9H,2-3,10-11H2,1H3. The molecule has 22 heavy (non-hydrogen) atoms. The quantitative estimate of drug-likeness (QED) is 0.872. The van der Waals surface area contributed by atoms with Crippen LogP contribution in [0.2, 0.25) is 0 Å². The molecule has 3 rings (SSSR count). The minimum Gasteiger partial charge on any atom is -0.451 e. The Hall–Kier alpha value is -2.08. The van der Waals surface area contributed by atoms with Crippen LogP contribution in [0, 0.1) is 0 Å². The molecule has 0 spiro atoms. The second-order valence-electron chi connectivity index (χ2n) is 5.26. The second kappa shape index (κ2) is 5.61. The lowest BCUT2D eigenvalue weighted by Gasteiger charge is -2.12. The summed E-state index contributed by atoms with van der Waals surface area (Å²) in [6, 6.07) is 11.1. The van der Waals surface area contributed by atoms with Gasteiger partial charge in [0.1, 0.15) is 5.76 Å². The van der Waals surface area contributed by atoms with Crippen molar-refractivity contribution in [2.45, 2.75) is 19.8 Å². The lowest BCUT2D eigenvalue weighted by atomic mass is 10.1. The Labute approximate surface area is 129 Å². The van der Waals surface area contributed by atoms with Crippen LogP contribution < -0.4 is 0 Å². The van der Waals surface area contributed by atoms with Gasteiger partial charge in [-0.1, -0.05) is 31.2 Å². The van der Waals surface area contributed by atoms with E-state index in [1.165, 1.54) is 11.6 Å². The fourth-order valence-corrected chi connectivity index (χ4v) is 3.97. The van der Waals surface area contributed by atoms with E-state index in [0.717, 1.165) is 16.3 Å². The van der Waals surface area contributed by atoms with E-state index in [2.05, 4.69) is 6.92 Å². The second-order valence-corrected chi connectivity index (χ2v) is 7.27. The molecule has 0 aliphatic carbocycles. The van der Waals surface area contributed by atoms with Gasteiger partial charge in [0.25, 0.3) is 0 Å². The van der Waals surface area contributed by atoms with Crippen molar-refractivity contribution in [3.63, 3.8) is 0 Å². The zero-order chi connectivity index (χ0) is 15.7. The highest BCUT2D eigenvalue weighted by molar-refractivity contribution is 7.89. The van der Waals surface area contributed by atoms with Crippen molar-refractivity contribution in [2.75, 3.05) is 12.3 Å². The van der Waals surface area contributed by atoms with Gasteiger partial charge in [0, 0.05) is 12.1 Å². The number of rotatable bonds is 3. The van der Waals surface area contributed by atoms with E-state index in [1.807, 2.05) is 24.3 Å². The number of carbonyl (C=O) groups excluding carboxylic acids is 1. The van der Waals surface area contributed by atoms with Crippen molar-refractivity contribution >= 4 is 15.9 Å². The first kappa shape index (κ1) is 14.8. The minimum absolute atomic E-state index is 0.0186. The Kier molecular flexibility index (Phi) is 3.78. The van der Waals surface area contributed by atoms with Crippen LogP contribution in [0.1, 0.15) is 29.5 Å². The van der Waals surface area contributed by atoms with E-state index >= 15 is 0 Å². The molecule has 0 saturated carbocycles. The first-order valence-corrected chi connectivity index (χ1v) is 8.86. The molecule has 1 amide bonds. The van der Waals surface area contributed by atoms with Crippen molar-refractivity contribution in [1.29, 1.82) is 0 Å². The molecule has 1 saturated heterocycles. The summed E-state index contributed by atoms with van der Waals surface area (Å²) in [5.41, 5.74) is 2.08. The molecular weight excluding hydrogens is 302 g/mol. The molecule has 2 aromatic rings. The van der Waals surface area contributed by atoms with E-state index in [9.17, 15) is 13.2 Å². The van der Waals surface area contributed by atoms with E-state index in [1.54, 1.807) is 6.07 Å². The van der Waals surface area contributed by atoms with Crippen LogP contribution in [0.15, 0.2) is 40.8 Å². The number of amides is 1. The molecule has 116 valence electrons. The molecule has 0 N–H and O–H groups in total. The highest BCUT2D eigenvalue weighted by Crippen LogP contribution is 2.25. The number of carbonyl (C=O) groups is 1. The zero-order valence-corrected chi connectivity index (χ0v) is 13.1. The molecule has 0 unspecified atom stereocenters. The number of hydrogen-bond acceptors (Lipinski definition) is 4. The number of hydrogen-bond donors (Lipinski definition) is 0. The third-order valence-corrected chi connectivity index (χ3v) is 5.61.